The number of nitrogens with one attached hydrogen (secondary N) is 1. The lowest BCUT2D eigenvalue weighted by atomic mass is 9.86. The normalized spacial score (nSPS) is 22.0. The van der Waals surface area contributed by atoms with Gasteiger partial charge in [-0.3, -0.25) is 0 Å². The number of nitrogens with zero attached hydrogens (tertiary/aromatic N) is 2. The summed E-state index contributed by atoms with van der Waals surface area (Å²) in [5, 5.41) is 19.0. The van der Waals surface area contributed by atoms with Crippen molar-refractivity contribution in [3.8, 4) is 0 Å². The van der Waals surface area contributed by atoms with Crippen LogP contribution in [-0.4, -0.2) is 39.9 Å². The first-order chi connectivity index (χ1) is 13.6. The Balaban J connectivity index is 1.50. The Kier molecular flexibility index (Phi) is 5.70. The summed E-state index contributed by atoms with van der Waals surface area (Å²) < 4.78 is 2.33. The fourth-order valence-corrected chi connectivity index (χ4v) is 5.41. The fraction of sp³-hybridized carbons (Fsp3) is 0.542. The zero-order chi connectivity index (χ0) is 19.7. The maximum absolute atomic E-state index is 10.0. The first-order valence-corrected chi connectivity index (χ1v) is 10.8. The molecule has 1 saturated heterocycles. The van der Waals surface area contributed by atoms with E-state index in [-0.39, 0.29) is 6.61 Å². The summed E-state index contributed by atoms with van der Waals surface area (Å²) in [6.45, 7) is 6.77. The highest BCUT2D eigenvalue weighted by Gasteiger charge is 2.30. The highest BCUT2D eigenvalue weighted by atomic mass is 16.3. The van der Waals surface area contributed by atoms with Crippen LogP contribution in [0.5, 0.6) is 0 Å². The largest absolute Gasteiger partial charge is 0.390 e. The van der Waals surface area contributed by atoms with Crippen LogP contribution in [0.1, 0.15) is 69.7 Å². The Morgan fingerprint density at radius 1 is 1.07 bits per heavy atom. The minimum atomic E-state index is -0.00624. The van der Waals surface area contributed by atoms with Gasteiger partial charge in [0.05, 0.1) is 12.3 Å². The van der Waals surface area contributed by atoms with E-state index in [1.54, 1.807) is 5.57 Å². The molecular weight excluding hydrogens is 346 g/mol. The van der Waals surface area contributed by atoms with E-state index in [1.165, 1.54) is 37.5 Å². The predicted molar refractivity (Wildman–Crippen MR) is 116 cm³/mol. The number of hydrogen-bond donors (Lipinski definition) is 2. The number of para-hydroxylation sites is 1. The maximum Gasteiger partial charge on any atom is 0.0840 e. The van der Waals surface area contributed by atoms with Crippen LogP contribution >= 0.6 is 0 Å². The molecule has 2 N–H and O–H groups in total. The number of rotatable bonds is 4. The molecule has 0 spiro atoms. The lowest BCUT2D eigenvalue weighted by molar-refractivity contribution is 0.115. The van der Waals surface area contributed by atoms with Crippen molar-refractivity contribution >= 4 is 17.1 Å². The van der Waals surface area contributed by atoms with Gasteiger partial charge >= 0.3 is 0 Å². The van der Waals surface area contributed by atoms with Crippen LogP contribution in [0, 0.1) is 5.41 Å². The number of likely N-dealkylation sites (tertiary alicyclic amines) is 1. The molecular formula is C24H33N3O. The maximum atomic E-state index is 10.0. The Labute approximate surface area is 168 Å². The third-order valence-corrected chi connectivity index (χ3v) is 7.00. The van der Waals surface area contributed by atoms with Gasteiger partial charge in [0.15, 0.2) is 0 Å². The van der Waals surface area contributed by atoms with Gasteiger partial charge in [-0.15, -0.1) is 0 Å². The molecule has 28 heavy (non-hydrogen) atoms. The van der Waals surface area contributed by atoms with Crippen LogP contribution in [0.15, 0.2) is 35.4 Å². The van der Waals surface area contributed by atoms with E-state index in [1.807, 2.05) is 6.07 Å². The number of aliphatic hydroxyl groups is 1. The lowest BCUT2D eigenvalue weighted by Gasteiger charge is -2.40. The minimum Gasteiger partial charge on any atom is -0.390 e. The molecule has 1 aliphatic heterocycles. The summed E-state index contributed by atoms with van der Waals surface area (Å²) in [7, 11) is 0. The van der Waals surface area contributed by atoms with E-state index in [2.05, 4.69) is 41.5 Å². The van der Waals surface area contributed by atoms with Crippen LogP contribution < -0.4 is 0 Å². The molecule has 1 aromatic heterocycles. The SMILES string of the molecule is CC(C)=C1CCC(N2CCC(n3c(CO)c(C=N)c4ccccc43)CC2)CC1. The number of aliphatic hydroxyl groups excluding tert-OH is 1. The summed E-state index contributed by atoms with van der Waals surface area (Å²) in [6, 6.07) is 9.44. The molecule has 0 unspecified atom stereocenters. The quantitative estimate of drug-likeness (QED) is 0.577. The number of aromatic nitrogens is 1. The van der Waals surface area contributed by atoms with Crippen LogP contribution in [0.4, 0.5) is 0 Å². The van der Waals surface area contributed by atoms with Gasteiger partial charge < -0.3 is 20.0 Å². The standard InChI is InChI=1S/C24H33N3O/c1-17(2)18-7-9-19(10-8-18)26-13-11-20(12-14-26)27-23-6-4-3-5-21(23)22(15-25)24(27)16-28/h3-6,15,19-20,25,28H,7-14,16H2,1-2H3. The fourth-order valence-electron chi connectivity index (χ4n) is 5.41. The zero-order valence-corrected chi connectivity index (χ0v) is 17.2. The molecule has 2 aromatic rings. The molecule has 1 saturated carbocycles. The summed E-state index contributed by atoms with van der Waals surface area (Å²) >= 11 is 0. The van der Waals surface area contributed by atoms with Gasteiger partial charge in [0.2, 0.25) is 0 Å². The number of piperidine rings is 1. The number of hydrogen-bond acceptors (Lipinski definition) is 3. The molecule has 0 radical (unpaired) electrons. The third kappa shape index (κ3) is 3.44. The lowest BCUT2D eigenvalue weighted by Crippen LogP contribution is -2.43. The topological polar surface area (TPSA) is 52.2 Å². The first-order valence-electron chi connectivity index (χ1n) is 10.8. The molecule has 2 fully saturated rings. The third-order valence-electron chi connectivity index (χ3n) is 7.00. The average molecular weight is 380 g/mol. The average Bonchev–Trinajstić information content (AvgIpc) is 3.07. The molecule has 0 amide bonds. The predicted octanol–water partition coefficient (Wildman–Crippen LogP) is 5.05. The summed E-state index contributed by atoms with van der Waals surface area (Å²) in [5.41, 5.74) is 6.14. The Hall–Kier alpha value is -1.91. The second-order valence-corrected chi connectivity index (χ2v) is 8.65. The number of benzene rings is 1. The van der Waals surface area contributed by atoms with E-state index in [0.29, 0.717) is 6.04 Å². The van der Waals surface area contributed by atoms with Gasteiger partial charge in [0.25, 0.3) is 0 Å². The molecule has 150 valence electrons. The second kappa shape index (κ2) is 8.22. The zero-order valence-electron chi connectivity index (χ0n) is 17.2. The van der Waals surface area contributed by atoms with Crippen LogP contribution in [0.3, 0.4) is 0 Å². The van der Waals surface area contributed by atoms with Crippen LogP contribution in [-0.2, 0) is 6.61 Å². The Morgan fingerprint density at radius 2 is 1.75 bits per heavy atom. The van der Waals surface area contributed by atoms with Crippen molar-refractivity contribution in [3.63, 3.8) is 0 Å². The molecule has 4 nitrogen and oxygen atoms in total. The van der Waals surface area contributed by atoms with Crippen molar-refractivity contribution in [1.82, 2.24) is 9.47 Å². The molecule has 2 aliphatic rings. The smallest absolute Gasteiger partial charge is 0.0840 e. The van der Waals surface area contributed by atoms with Crippen molar-refractivity contribution in [2.75, 3.05) is 13.1 Å². The van der Waals surface area contributed by atoms with Gasteiger partial charge in [0, 0.05) is 47.9 Å². The molecule has 0 atom stereocenters. The van der Waals surface area contributed by atoms with Gasteiger partial charge in [-0.25, -0.2) is 0 Å². The minimum absolute atomic E-state index is 0.00624. The van der Waals surface area contributed by atoms with Crippen molar-refractivity contribution < 1.29 is 5.11 Å². The van der Waals surface area contributed by atoms with Gasteiger partial charge in [0.1, 0.15) is 0 Å². The van der Waals surface area contributed by atoms with E-state index in [4.69, 9.17) is 5.41 Å². The van der Waals surface area contributed by atoms with Crippen molar-refractivity contribution in [3.05, 3.63) is 46.7 Å². The van der Waals surface area contributed by atoms with Gasteiger partial charge in [-0.05, 0) is 58.4 Å². The van der Waals surface area contributed by atoms with Crippen molar-refractivity contribution in [1.29, 1.82) is 5.41 Å². The molecule has 4 heteroatoms. The van der Waals surface area contributed by atoms with E-state index >= 15 is 0 Å². The highest BCUT2D eigenvalue weighted by Crippen LogP contribution is 2.36. The number of allylic oxidation sites excluding steroid dienone is 2. The monoisotopic (exact) mass is 379 g/mol. The summed E-state index contributed by atoms with van der Waals surface area (Å²) in [4.78, 5) is 2.71. The van der Waals surface area contributed by atoms with Crippen LogP contribution in [0.2, 0.25) is 0 Å². The Morgan fingerprint density at radius 3 is 2.36 bits per heavy atom. The van der Waals surface area contributed by atoms with E-state index < -0.39 is 0 Å². The second-order valence-electron chi connectivity index (χ2n) is 8.65. The summed E-state index contributed by atoms with van der Waals surface area (Å²) in [6.07, 6.45) is 8.79. The Bertz CT molecular complexity index is 873. The summed E-state index contributed by atoms with van der Waals surface area (Å²) in [5.74, 6) is 0. The molecule has 4 rings (SSSR count). The van der Waals surface area contributed by atoms with E-state index in [9.17, 15) is 5.11 Å². The molecule has 1 aliphatic carbocycles. The highest BCUT2D eigenvalue weighted by molar-refractivity contribution is 6.00. The molecule has 2 heterocycles. The molecule has 0 bridgehead atoms. The van der Waals surface area contributed by atoms with Crippen LogP contribution in [0.25, 0.3) is 10.9 Å². The van der Waals surface area contributed by atoms with E-state index in [0.717, 1.165) is 54.1 Å². The molecule has 1 aromatic carbocycles. The van der Waals surface area contributed by atoms with Gasteiger partial charge in [-0.2, -0.15) is 0 Å². The first kappa shape index (κ1) is 19.4. The van der Waals surface area contributed by atoms with Gasteiger partial charge in [-0.1, -0.05) is 29.3 Å². The number of fused-ring (bicyclic) bond motifs is 1. The van der Waals surface area contributed by atoms with Crippen molar-refractivity contribution in [2.45, 2.75) is 71.1 Å². The van der Waals surface area contributed by atoms with Crippen molar-refractivity contribution in [2.24, 2.45) is 0 Å².